The number of benzene rings is 1. The van der Waals surface area contributed by atoms with Crippen molar-refractivity contribution in [2.24, 2.45) is 5.92 Å². The summed E-state index contributed by atoms with van der Waals surface area (Å²) in [6.07, 6.45) is 3.65. The lowest BCUT2D eigenvalue weighted by atomic mass is 9.86. The second-order valence-electron chi connectivity index (χ2n) is 4.96. The Balaban J connectivity index is 1.65. The lowest BCUT2D eigenvalue weighted by molar-refractivity contribution is -0.147. The van der Waals surface area contributed by atoms with E-state index in [0.29, 0.717) is 12.6 Å². The average Bonchev–Trinajstić information content (AvgIpc) is 2.48. The van der Waals surface area contributed by atoms with Crippen molar-refractivity contribution in [3.8, 4) is 0 Å². The topological polar surface area (TPSA) is 47.6 Å². The molecule has 0 spiro atoms. The lowest BCUT2D eigenvalue weighted by Crippen LogP contribution is -2.35. The van der Waals surface area contributed by atoms with Gasteiger partial charge in [-0.2, -0.15) is 5.48 Å². The van der Waals surface area contributed by atoms with Gasteiger partial charge in [0.15, 0.2) is 0 Å². The molecule has 2 rings (SSSR count). The summed E-state index contributed by atoms with van der Waals surface area (Å²) in [5.74, 6) is -0.0131. The molecule has 1 aliphatic carbocycles. The number of methoxy groups -OCH3 is 1. The maximum absolute atomic E-state index is 11.4. The zero-order chi connectivity index (χ0) is 13.5. The lowest BCUT2D eigenvalue weighted by Gasteiger charge is -2.27. The molecule has 0 heterocycles. The smallest absolute Gasteiger partial charge is 0.308 e. The number of carbonyl (C=O) groups excluding carboxylic acids is 1. The highest BCUT2D eigenvalue weighted by molar-refractivity contribution is 5.72. The predicted molar refractivity (Wildman–Crippen MR) is 72.1 cm³/mol. The summed E-state index contributed by atoms with van der Waals surface area (Å²) >= 11 is 0. The summed E-state index contributed by atoms with van der Waals surface area (Å²) in [5.41, 5.74) is 4.25. The molecule has 0 aromatic heterocycles. The van der Waals surface area contributed by atoms with Crippen LogP contribution in [0.1, 0.15) is 31.2 Å². The summed E-state index contributed by atoms with van der Waals surface area (Å²) < 4.78 is 4.77. The van der Waals surface area contributed by atoms with Gasteiger partial charge in [-0.3, -0.25) is 9.63 Å². The molecule has 19 heavy (non-hydrogen) atoms. The van der Waals surface area contributed by atoms with Crippen LogP contribution in [0.15, 0.2) is 30.3 Å². The van der Waals surface area contributed by atoms with Crippen molar-refractivity contribution in [3.05, 3.63) is 35.9 Å². The monoisotopic (exact) mass is 263 g/mol. The van der Waals surface area contributed by atoms with Crippen LogP contribution in [0, 0.1) is 5.92 Å². The summed E-state index contributed by atoms with van der Waals surface area (Å²) in [5, 5.41) is 0. The van der Waals surface area contributed by atoms with Crippen LogP contribution in [0.5, 0.6) is 0 Å². The Bertz CT molecular complexity index is 386. The molecule has 0 aliphatic heterocycles. The van der Waals surface area contributed by atoms with Gasteiger partial charge in [-0.15, -0.1) is 0 Å². The van der Waals surface area contributed by atoms with Gasteiger partial charge in [0.2, 0.25) is 0 Å². The summed E-state index contributed by atoms with van der Waals surface area (Å²) in [7, 11) is 1.45. The van der Waals surface area contributed by atoms with E-state index in [1.807, 2.05) is 30.3 Å². The van der Waals surface area contributed by atoms with Gasteiger partial charge in [0.05, 0.1) is 19.6 Å². The van der Waals surface area contributed by atoms with Crippen LogP contribution in [-0.2, 0) is 21.0 Å². The first kappa shape index (κ1) is 14.0. The van der Waals surface area contributed by atoms with Crippen LogP contribution in [0.3, 0.4) is 0 Å². The number of hydroxylamine groups is 1. The summed E-state index contributed by atoms with van der Waals surface area (Å²) in [4.78, 5) is 16.9. The van der Waals surface area contributed by atoms with Crippen molar-refractivity contribution in [1.82, 2.24) is 5.48 Å². The molecule has 4 heteroatoms. The van der Waals surface area contributed by atoms with Crippen molar-refractivity contribution < 1.29 is 14.4 Å². The molecular weight excluding hydrogens is 242 g/mol. The third-order valence-corrected chi connectivity index (χ3v) is 3.59. The Kier molecular flexibility index (Phi) is 5.36. The van der Waals surface area contributed by atoms with E-state index in [1.165, 1.54) is 7.11 Å². The van der Waals surface area contributed by atoms with Crippen LogP contribution >= 0.6 is 0 Å². The van der Waals surface area contributed by atoms with Gasteiger partial charge in [-0.1, -0.05) is 30.3 Å². The molecule has 1 aromatic carbocycles. The van der Waals surface area contributed by atoms with Crippen LogP contribution in [0.25, 0.3) is 0 Å². The van der Waals surface area contributed by atoms with E-state index >= 15 is 0 Å². The standard InChI is InChI=1S/C15H21NO3/c1-18-15(17)13-7-9-14(10-8-13)16-19-11-12-5-3-2-4-6-12/h2-6,13-14,16H,7-11H2,1H3. The fourth-order valence-corrected chi connectivity index (χ4v) is 2.43. The molecule has 1 fully saturated rings. The van der Waals surface area contributed by atoms with E-state index in [2.05, 4.69) is 5.48 Å². The molecule has 1 N–H and O–H groups in total. The van der Waals surface area contributed by atoms with E-state index < -0.39 is 0 Å². The van der Waals surface area contributed by atoms with Crippen molar-refractivity contribution in [2.45, 2.75) is 38.3 Å². The first-order valence-corrected chi connectivity index (χ1v) is 6.78. The number of esters is 1. The molecule has 0 bridgehead atoms. The zero-order valence-corrected chi connectivity index (χ0v) is 11.3. The molecule has 0 saturated heterocycles. The third-order valence-electron chi connectivity index (χ3n) is 3.59. The molecule has 4 nitrogen and oxygen atoms in total. The minimum atomic E-state index is -0.0800. The Hall–Kier alpha value is -1.39. The number of hydrogen-bond donors (Lipinski definition) is 1. The van der Waals surface area contributed by atoms with E-state index in [1.54, 1.807) is 0 Å². The van der Waals surface area contributed by atoms with Gasteiger partial charge < -0.3 is 4.74 Å². The van der Waals surface area contributed by atoms with Gasteiger partial charge >= 0.3 is 5.97 Å². The second kappa shape index (κ2) is 7.26. The molecule has 1 aromatic rings. The molecular formula is C15H21NO3. The zero-order valence-electron chi connectivity index (χ0n) is 11.3. The quantitative estimate of drug-likeness (QED) is 0.655. The van der Waals surface area contributed by atoms with Gasteiger partial charge in [0.25, 0.3) is 0 Å². The normalized spacial score (nSPS) is 23.0. The van der Waals surface area contributed by atoms with Crippen LogP contribution in [0.2, 0.25) is 0 Å². The van der Waals surface area contributed by atoms with Gasteiger partial charge in [0.1, 0.15) is 0 Å². The first-order valence-electron chi connectivity index (χ1n) is 6.78. The maximum atomic E-state index is 11.4. The largest absolute Gasteiger partial charge is 0.469 e. The number of hydrogen-bond acceptors (Lipinski definition) is 4. The summed E-state index contributed by atoms with van der Waals surface area (Å²) in [6, 6.07) is 10.4. The average molecular weight is 263 g/mol. The Labute approximate surface area is 114 Å². The van der Waals surface area contributed by atoms with E-state index in [0.717, 1.165) is 31.2 Å². The van der Waals surface area contributed by atoms with Gasteiger partial charge in [-0.25, -0.2) is 0 Å². The van der Waals surface area contributed by atoms with Crippen LogP contribution < -0.4 is 5.48 Å². The highest BCUT2D eigenvalue weighted by atomic mass is 16.6. The van der Waals surface area contributed by atoms with Gasteiger partial charge in [-0.05, 0) is 31.2 Å². The fraction of sp³-hybridized carbons (Fsp3) is 0.533. The highest BCUT2D eigenvalue weighted by Crippen LogP contribution is 2.25. The molecule has 0 amide bonds. The van der Waals surface area contributed by atoms with Crippen molar-refractivity contribution in [3.63, 3.8) is 0 Å². The number of nitrogens with one attached hydrogen (secondary N) is 1. The second-order valence-corrected chi connectivity index (χ2v) is 4.96. The number of ether oxygens (including phenoxy) is 1. The number of carbonyl (C=O) groups is 1. The Morgan fingerprint density at radius 3 is 2.53 bits per heavy atom. The predicted octanol–water partition coefficient (Wildman–Crippen LogP) is 2.44. The summed E-state index contributed by atoms with van der Waals surface area (Å²) in [6.45, 7) is 0.567. The molecule has 1 saturated carbocycles. The molecule has 0 unspecified atom stereocenters. The minimum absolute atomic E-state index is 0.0668. The third kappa shape index (κ3) is 4.33. The first-order chi connectivity index (χ1) is 9.29. The minimum Gasteiger partial charge on any atom is -0.469 e. The van der Waals surface area contributed by atoms with Crippen LogP contribution in [-0.4, -0.2) is 19.1 Å². The highest BCUT2D eigenvalue weighted by Gasteiger charge is 2.26. The molecule has 1 aliphatic rings. The molecule has 104 valence electrons. The molecule has 0 radical (unpaired) electrons. The van der Waals surface area contributed by atoms with Crippen LogP contribution in [0.4, 0.5) is 0 Å². The SMILES string of the molecule is COC(=O)C1CCC(NOCc2ccccc2)CC1. The Morgan fingerprint density at radius 1 is 1.21 bits per heavy atom. The van der Waals surface area contributed by atoms with E-state index in [-0.39, 0.29) is 11.9 Å². The van der Waals surface area contributed by atoms with Crippen molar-refractivity contribution >= 4 is 5.97 Å². The Morgan fingerprint density at radius 2 is 1.89 bits per heavy atom. The molecule has 0 atom stereocenters. The fourth-order valence-electron chi connectivity index (χ4n) is 2.43. The maximum Gasteiger partial charge on any atom is 0.308 e. The van der Waals surface area contributed by atoms with E-state index in [4.69, 9.17) is 9.57 Å². The van der Waals surface area contributed by atoms with E-state index in [9.17, 15) is 4.79 Å². The van der Waals surface area contributed by atoms with Crippen molar-refractivity contribution in [2.75, 3.05) is 7.11 Å². The number of rotatable bonds is 5. The van der Waals surface area contributed by atoms with Crippen molar-refractivity contribution in [1.29, 1.82) is 0 Å². The van der Waals surface area contributed by atoms with Gasteiger partial charge in [0, 0.05) is 6.04 Å².